The number of esters is 1. The minimum absolute atomic E-state index is 0.227. The number of nitrogens with zero attached hydrogens (tertiary/aromatic N) is 1. The molecule has 0 aromatic heterocycles. The Bertz CT molecular complexity index is 748. The summed E-state index contributed by atoms with van der Waals surface area (Å²) < 4.78 is 4.65. The number of hydrogen-bond acceptors (Lipinski definition) is 6. The first kappa shape index (κ1) is 18.0. The lowest BCUT2D eigenvalue weighted by molar-refractivity contribution is -0.147. The number of carbonyl (C=O) groups excluding carboxylic acids is 3. The van der Waals surface area contributed by atoms with Gasteiger partial charge < -0.3 is 4.74 Å². The lowest BCUT2D eigenvalue weighted by Crippen LogP contribution is -2.45. The second-order valence-electron chi connectivity index (χ2n) is 5.49. The number of ketones is 2. The van der Waals surface area contributed by atoms with Crippen molar-refractivity contribution in [2.75, 3.05) is 7.11 Å². The van der Waals surface area contributed by atoms with E-state index in [4.69, 9.17) is 0 Å². The number of allylic oxidation sites excluding steroid dienone is 2. The predicted molar refractivity (Wildman–Crippen MR) is 89.1 cm³/mol. The molecule has 0 radical (unpaired) electrons. The van der Waals surface area contributed by atoms with Gasteiger partial charge in [0.1, 0.15) is 0 Å². The number of rotatable bonds is 4. The van der Waals surface area contributed by atoms with Crippen molar-refractivity contribution in [1.29, 1.82) is 5.26 Å². The van der Waals surface area contributed by atoms with Crippen LogP contribution in [-0.2, 0) is 19.1 Å². The minimum Gasteiger partial charge on any atom is -0.468 e. The van der Waals surface area contributed by atoms with E-state index >= 15 is 0 Å². The third-order valence-corrected chi connectivity index (χ3v) is 5.45. The van der Waals surface area contributed by atoms with Crippen molar-refractivity contribution in [3.63, 3.8) is 0 Å². The van der Waals surface area contributed by atoms with Gasteiger partial charge in [0, 0.05) is 4.90 Å². The van der Waals surface area contributed by atoms with Gasteiger partial charge in [-0.15, -0.1) is 11.8 Å². The largest absolute Gasteiger partial charge is 0.468 e. The van der Waals surface area contributed by atoms with Gasteiger partial charge in [-0.1, -0.05) is 18.2 Å². The van der Waals surface area contributed by atoms with Crippen LogP contribution in [0, 0.1) is 23.2 Å². The molecule has 2 rings (SSSR count). The number of thioether (sulfide) groups is 1. The van der Waals surface area contributed by atoms with Crippen LogP contribution in [0.4, 0.5) is 0 Å². The number of hydrogen-bond donors (Lipinski definition) is 0. The number of benzene rings is 1. The first-order valence-corrected chi connectivity index (χ1v) is 8.25. The van der Waals surface area contributed by atoms with Gasteiger partial charge in [0.2, 0.25) is 0 Å². The Hall–Kier alpha value is -2.39. The summed E-state index contributed by atoms with van der Waals surface area (Å²) in [5.41, 5.74) is 0.685. The van der Waals surface area contributed by atoms with Gasteiger partial charge in [-0.05, 0) is 37.1 Å². The Kier molecular flexibility index (Phi) is 5.58. The molecule has 1 aromatic rings. The van der Waals surface area contributed by atoms with E-state index < -0.39 is 23.1 Å². The first-order chi connectivity index (χ1) is 11.4. The summed E-state index contributed by atoms with van der Waals surface area (Å²) in [5, 5.41) is 8.55. The second-order valence-corrected chi connectivity index (χ2v) is 6.70. The molecule has 0 spiro atoms. The molecule has 3 atom stereocenters. The lowest BCUT2D eigenvalue weighted by Gasteiger charge is -2.31. The first-order valence-electron chi connectivity index (χ1n) is 7.37. The highest BCUT2D eigenvalue weighted by Crippen LogP contribution is 2.39. The fourth-order valence-electron chi connectivity index (χ4n) is 2.64. The molecule has 0 saturated carbocycles. The molecule has 0 N–H and O–H groups in total. The number of carbonyl (C=O) groups is 3. The van der Waals surface area contributed by atoms with Gasteiger partial charge in [0.25, 0.3) is 0 Å². The fraction of sp³-hybridized carbons (Fsp3) is 0.333. The highest BCUT2D eigenvalue weighted by Gasteiger charge is 2.48. The molecule has 3 unspecified atom stereocenters. The fourth-order valence-corrected chi connectivity index (χ4v) is 3.96. The van der Waals surface area contributed by atoms with Gasteiger partial charge in [-0.3, -0.25) is 14.4 Å². The Morgan fingerprint density at radius 2 is 1.75 bits per heavy atom. The summed E-state index contributed by atoms with van der Waals surface area (Å²) in [6.45, 7) is 3.15. The average Bonchev–Trinajstić information content (AvgIpc) is 2.61. The second kappa shape index (κ2) is 7.45. The average molecular weight is 343 g/mol. The van der Waals surface area contributed by atoms with Crippen molar-refractivity contribution >= 4 is 29.3 Å². The van der Waals surface area contributed by atoms with Gasteiger partial charge in [0.15, 0.2) is 17.5 Å². The highest BCUT2D eigenvalue weighted by atomic mass is 32.2. The molecule has 0 bridgehead atoms. The Balaban J connectivity index is 2.49. The van der Waals surface area contributed by atoms with Crippen molar-refractivity contribution in [3.8, 4) is 6.07 Å². The third-order valence-electron chi connectivity index (χ3n) is 4.15. The van der Waals surface area contributed by atoms with Gasteiger partial charge >= 0.3 is 5.97 Å². The molecule has 24 heavy (non-hydrogen) atoms. The van der Waals surface area contributed by atoms with Crippen LogP contribution in [0.3, 0.4) is 0 Å². The maximum Gasteiger partial charge on any atom is 0.323 e. The molecule has 5 nitrogen and oxygen atoms in total. The summed E-state index contributed by atoms with van der Waals surface area (Å²) >= 11 is 1.20. The number of nitriles is 1. The van der Waals surface area contributed by atoms with E-state index in [1.165, 1.54) is 11.8 Å². The molecule has 1 aromatic carbocycles. The van der Waals surface area contributed by atoms with Crippen molar-refractivity contribution in [1.82, 2.24) is 0 Å². The van der Waals surface area contributed by atoms with Crippen molar-refractivity contribution in [3.05, 3.63) is 41.5 Å². The molecule has 0 fully saturated rings. The zero-order chi connectivity index (χ0) is 17.9. The minimum atomic E-state index is -1.31. The van der Waals surface area contributed by atoms with Crippen LogP contribution >= 0.6 is 11.8 Å². The zero-order valence-electron chi connectivity index (χ0n) is 13.6. The number of methoxy groups -OCH3 is 1. The topological polar surface area (TPSA) is 84.2 Å². The van der Waals surface area contributed by atoms with Crippen LogP contribution in [0.25, 0.3) is 0 Å². The van der Waals surface area contributed by atoms with E-state index in [0.717, 1.165) is 12.0 Å². The normalized spacial score (nSPS) is 22.1. The SMILES string of the molecule is COC(=O)C(C#N)C1C(=O)C(C)=C(C)C(=O)C1Sc1ccccc1. The van der Waals surface area contributed by atoms with Gasteiger partial charge in [0.05, 0.1) is 24.3 Å². The molecule has 0 saturated heterocycles. The summed E-state index contributed by atoms with van der Waals surface area (Å²) in [6, 6.07) is 11.0. The number of ether oxygens (including phenoxy) is 1. The standard InChI is InChI=1S/C18H17NO4S/c1-10-11(2)16(21)17(24-12-7-5-4-6-8-12)14(15(10)20)13(9-19)18(22)23-3/h4-8,13-14,17H,1-3H3. The van der Waals surface area contributed by atoms with Crippen LogP contribution in [0.5, 0.6) is 0 Å². The van der Waals surface area contributed by atoms with E-state index in [2.05, 4.69) is 4.74 Å². The molecule has 0 amide bonds. The smallest absolute Gasteiger partial charge is 0.323 e. The highest BCUT2D eigenvalue weighted by molar-refractivity contribution is 8.00. The van der Waals surface area contributed by atoms with E-state index in [-0.39, 0.29) is 11.6 Å². The van der Waals surface area contributed by atoms with E-state index in [9.17, 15) is 19.6 Å². The van der Waals surface area contributed by atoms with E-state index in [1.54, 1.807) is 13.8 Å². The molecule has 0 aliphatic heterocycles. The Labute approximate surface area is 144 Å². The van der Waals surface area contributed by atoms with Gasteiger partial charge in [-0.25, -0.2) is 0 Å². The summed E-state index contributed by atoms with van der Waals surface area (Å²) in [5.74, 6) is -3.73. The molecular weight excluding hydrogens is 326 g/mol. The molecule has 124 valence electrons. The molecular formula is C18H17NO4S. The number of Topliss-reactive ketones (excluding diaryl/α,β-unsaturated/α-hetero) is 2. The summed E-state index contributed by atoms with van der Waals surface area (Å²) in [4.78, 5) is 38.2. The predicted octanol–water partition coefficient (Wildman–Crippen LogP) is 2.56. The van der Waals surface area contributed by atoms with E-state index in [1.807, 2.05) is 36.4 Å². The molecule has 1 aliphatic rings. The Morgan fingerprint density at radius 3 is 2.29 bits per heavy atom. The maximum absolute atomic E-state index is 12.7. The van der Waals surface area contributed by atoms with Crippen LogP contribution in [0.1, 0.15) is 13.8 Å². The van der Waals surface area contributed by atoms with Crippen LogP contribution in [0.15, 0.2) is 46.4 Å². The third kappa shape index (κ3) is 3.26. The van der Waals surface area contributed by atoms with Crippen molar-refractivity contribution in [2.24, 2.45) is 11.8 Å². The molecule has 6 heteroatoms. The monoisotopic (exact) mass is 343 g/mol. The maximum atomic E-state index is 12.7. The summed E-state index contributed by atoms with van der Waals surface area (Å²) in [6.07, 6.45) is 0. The Morgan fingerprint density at radius 1 is 1.17 bits per heavy atom. The van der Waals surface area contributed by atoms with Gasteiger partial charge in [-0.2, -0.15) is 5.26 Å². The van der Waals surface area contributed by atoms with Crippen molar-refractivity contribution < 1.29 is 19.1 Å². The quantitative estimate of drug-likeness (QED) is 0.781. The lowest BCUT2D eigenvalue weighted by atomic mass is 9.76. The van der Waals surface area contributed by atoms with Crippen molar-refractivity contribution in [2.45, 2.75) is 24.0 Å². The van der Waals surface area contributed by atoms with Crippen LogP contribution in [-0.4, -0.2) is 29.9 Å². The van der Waals surface area contributed by atoms with Crippen LogP contribution < -0.4 is 0 Å². The van der Waals surface area contributed by atoms with E-state index in [0.29, 0.717) is 11.1 Å². The molecule has 0 heterocycles. The molecule has 1 aliphatic carbocycles. The zero-order valence-corrected chi connectivity index (χ0v) is 14.4. The summed E-state index contributed by atoms with van der Waals surface area (Å²) in [7, 11) is 1.16. The van der Waals surface area contributed by atoms with Crippen LogP contribution in [0.2, 0.25) is 0 Å².